The van der Waals surface area contributed by atoms with Crippen molar-refractivity contribution in [1.29, 1.82) is 0 Å². The molecule has 0 spiro atoms. The smallest absolute Gasteiger partial charge is 0.408 e. The second-order valence-corrected chi connectivity index (χ2v) is 10.4. The van der Waals surface area contributed by atoms with Gasteiger partial charge in [-0.1, -0.05) is 56.7 Å². The number of fused-ring (bicyclic) bond motifs is 2. The molecule has 196 valence electrons. The first-order valence-corrected chi connectivity index (χ1v) is 12.8. The fourth-order valence-electron chi connectivity index (χ4n) is 5.61. The molecule has 7 nitrogen and oxygen atoms in total. The molecule has 1 heterocycles. The van der Waals surface area contributed by atoms with Crippen LogP contribution in [0.15, 0.2) is 54.9 Å². The molecular formula is C29H41N3O4. The van der Waals surface area contributed by atoms with Crippen molar-refractivity contribution in [2.75, 3.05) is 6.61 Å². The largest absolute Gasteiger partial charge is 0.446 e. The Kier molecular flexibility index (Phi) is 9.88. The monoisotopic (exact) mass is 495 g/mol. The molecule has 2 aliphatic rings. The predicted octanol–water partition coefficient (Wildman–Crippen LogP) is 4.43. The fraction of sp³-hybridized carbons (Fsp3) is 0.552. The lowest BCUT2D eigenvalue weighted by Gasteiger charge is -2.40. The summed E-state index contributed by atoms with van der Waals surface area (Å²) in [4.78, 5) is 30.7. The van der Waals surface area contributed by atoms with Crippen LogP contribution < -0.4 is 10.6 Å². The summed E-state index contributed by atoms with van der Waals surface area (Å²) in [5, 5.41) is 15.8. The second-order valence-electron chi connectivity index (χ2n) is 10.4. The van der Waals surface area contributed by atoms with Gasteiger partial charge in [-0.3, -0.25) is 9.78 Å². The Bertz CT molecular complexity index is 971. The van der Waals surface area contributed by atoms with Crippen LogP contribution in [0, 0.1) is 11.8 Å². The molecule has 1 aromatic carbocycles. The lowest BCUT2D eigenvalue weighted by molar-refractivity contribution is -0.128. The zero-order valence-corrected chi connectivity index (χ0v) is 20.5. The van der Waals surface area contributed by atoms with E-state index in [-0.39, 0.29) is 32.5 Å². The van der Waals surface area contributed by atoms with Gasteiger partial charge in [-0.15, -0.1) is 0 Å². The number of ether oxygens (including phenoxy) is 1. The van der Waals surface area contributed by atoms with E-state index < -0.39 is 17.7 Å². The van der Waals surface area contributed by atoms with E-state index in [9.17, 15) is 14.7 Å². The van der Waals surface area contributed by atoms with Gasteiger partial charge in [0.15, 0.2) is 0 Å². The van der Waals surface area contributed by atoms with Crippen LogP contribution in [-0.4, -0.2) is 46.4 Å². The third-order valence-corrected chi connectivity index (χ3v) is 7.51. The summed E-state index contributed by atoms with van der Waals surface area (Å²) in [6.45, 7) is 1.49. The Hall–Kier alpha value is -2.93. The maximum absolute atomic E-state index is 13.5. The molecule has 2 aromatic rings. The number of pyridine rings is 1. The Morgan fingerprint density at radius 3 is 2.61 bits per heavy atom. The highest BCUT2D eigenvalue weighted by Gasteiger charge is 2.40. The highest BCUT2D eigenvalue weighted by Crippen LogP contribution is 2.41. The van der Waals surface area contributed by atoms with Crippen LogP contribution in [0.3, 0.4) is 0 Å². The molecule has 2 aliphatic carbocycles. The van der Waals surface area contributed by atoms with Gasteiger partial charge < -0.3 is 20.5 Å². The van der Waals surface area contributed by atoms with E-state index in [0.717, 1.165) is 42.7 Å². The summed E-state index contributed by atoms with van der Waals surface area (Å²) < 4.78 is 5.89. The Morgan fingerprint density at radius 2 is 1.89 bits per heavy atom. The first-order chi connectivity index (χ1) is 16.9. The molecule has 0 saturated heterocycles. The number of nitrogens with zero attached hydrogens (tertiary/aromatic N) is 1. The number of hydrogen-bond donors (Lipinski definition) is 3. The van der Waals surface area contributed by atoms with Crippen molar-refractivity contribution >= 4 is 12.0 Å². The van der Waals surface area contributed by atoms with E-state index in [1.54, 1.807) is 25.4 Å². The summed E-state index contributed by atoms with van der Waals surface area (Å²) >= 11 is 0. The van der Waals surface area contributed by atoms with Gasteiger partial charge in [0.1, 0.15) is 11.6 Å². The van der Waals surface area contributed by atoms with Gasteiger partial charge >= 0.3 is 6.09 Å². The van der Waals surface area contributed by atoms with Gasteiger partial charge in [-0.2, -0.15) is 0 Å². The number of amides is 2. The van der Waals surface area contributed by atoms with E-state index in [4.69, 9.17) is 4.74 Å². The molecule has 3 N–H and O–H groups in total. The molecule has 5 unspecified atom stereocenters. The third kappa shape index (κ3) is 7.29. The van der Waals surface area contributed by atoms with Gasteiger partial charge in [-0.05, 0) is 68.1 Å². The summed E-state index contributed by atoms with van der Waals surface area (Å²) in [6, 6.07) is 12.9. The Morgan fingerprint density at radius 1 is 1.11 bits per heavy atom. The molecule has 5 atom stereocenters. The molecule has 2 bridgehead atoms. The summed E-state index contributed by atoms with van der Waals surface area (Å²) in [5.74, 6) is 0.810. The average molecular weight is 496 g/mol. The highest BCUT2D eigenvalue weighted by molar-refractivity contribution is 5.90. The van der Waals surface area contributed by atoms with Gasteiger partial charge in [-0.25, -0.2) is 4.79 Å². The third-order valence-electron chi connectivity index (χ3n) is 7.51. The van der Waals surface area contributed by atoms with Crippen molar-refractivity contribution in [3.05, 3.63) is 66.0 Å². The molecule has 36 heavy (non-hydrogen) atoms. The molecule has 2 saturated carbocycles. The van der Waals surface area contributed by atoms with Gasteiger partial charge in [0.05, 0.1) is 12.6 Å². The van der Waals surface area contributed by atoms with Gasteiger partial charge in [0.2, 0.25) is 5.91 Å². The number of nitrogens with one attached hydrogen (secondary N) is 2. The van der Waals surface area contributed by atoms with Crippen molar-refractivity contribution < 1.29 is 19.4 Å². The number of hydrogen-bond acceptors (Lipinski definition) is 5. The number of aromatic nitrogens is 1. The fourth-order valence-corrected chi connectivity index (χ4v) is 5.61. The van der Waals surface area contributed by atoms with E-state index in [2.05, 4.69) is 15.6 Å². The quantitative estimate of drug-likeness (QED) is 0.478. The molecule has 2 fully saturated rings. The zero-order valence-electron chi connectivity index (χ0n) is 20.5. The van der Waals surface area contributed by atoms with Crippen molar-refractivity contribution in [3.8, 4) is 0 Å². The van der Waals surface area contributed by atoms with Crippen LogP contribution in [0.25, 0.3) is 0 Å². The molecule has 0 aliphatic heterocycles. The van der Waals surface area contributed by atoms with E-state index in [1.807, 2.05) is 36.4 Å². The highest BCUT2D eigenvalue weighted by atomic mass is 16.6. The van der Waals surface area contributed by atoms with Crippen LogP contribution in [0.1, 0.15) is 64.0 Å². The maximum atomic E-state index is 13.5. The molecule has 2 amide bonds. The minimum atomic E-state index is -1.27. The SMILES string of the molecule is C.CC(Cc1cccnc1)(NC(=O)OC1CCC2CCCC1C2)C(=O)NC(CO)Cc1ccccc1. The summed E-state index contributed by atoms with van der Waals surface area (Å²) in [5.41, 5.74) is 0.562. The second kappa shape index (κ2) is 12.9. The van der Waals surface area contributed by atoms with Crippen LogP contribution in [0.2, 0.25) is 0 Å². The van der Waals surface area contributed by atoms with Crippen LogP contribution in [0.5, 0.6) is 0 Å². The van der Waals surface area contributed by atoms with Gasteiger partial charge in [0, 0.05) is 18.8 Å². The number of alkyl carbamates (subject to hydrolysis) is 1. The van der Waals surface area contributed by atoms with Crippen LogP contribution in [-0.2, 0) is 22.4 Å². The Labute approximate surface area is 215 Å². The first kappa shape index (κ1) is 27.7. The number of aliphatic hydroxyl groups excluding tert-OH is 1. The topological polar surface area (TPSA) is 101 Å². The van der Waals surface area contributed by atoms with E-state index in [0.29, 0.717) is 12.3 Å². The van der Waals surface area contributed by atoms with Gasteiger partial charge in [0.25, 0.3) is 0 Å². The lowest BCUT2D eigenvalue weighted by Crippen LogP contribution is -2.61. The minimum Gasteiger partial charge on any atom is -0.446 e. The first-order valence-electron chi connectivity index (χ1n) is 12.8. The number of benzene rings is 1. The summed E-state index contributed by atoms with van der Waals surface area (Å²) in [6.07, 6.45) is 10.1. The normalized spacial score (nSPS) is 23.3. The van der Waals surface area contributed by atoms with E-state index in [1.165, 1.54) is 12.8 Å². The van der Waals surface area contributed by atoms with Crippen LogP contribution in [0.4, 0.5) is 4.79 Å². The zero-order chi connectivity index (χ0) is 24.7. The number of aliphatic hydroxyl groups is 1. The molecule has 7 heteroatoms. The number of rotatable bonds is 9. The summed E-state index contributed by atoms with van der Waals surface area (Å²) in [7, 11) is 0. The standard InChI is InChI=1S/C28H37N3O4.CH4/c1-28(17-22-10-6-14-29-18-22,26(33)30-24(19-32)16-20-7-3-2-4-8-20)31-27(34)35-25-13-12-21-9-5-11-23(25)15-21;/h2-4,6-8,10,14,18,21,23-25,32H,5,9,11-13,15-17,19H2,1H3,(H,30,33)(H,31,34);1H4. The van der Waals surface area contributed by atoms with Crippen molar-refractivity contribution in [2.45, 2.75) is 83.4 Å². The average Bonchev–Trinajstić information content (AvgIpc) is 2.86. The molecule has 1 aromatic heterocycles. The maximum Gasteiger partial charge on any atom is 0.408 e. The lowest BCUT2D eigenvalue weighted by atomic mass is 9.71. The van der Waals surface area contributed by atoms with Crippen molar-refractivity contribution in [2.24, 2.45) is 11.8 Å². The Balaban J connectivity index is 0.00000361. The molecule has 4 rings (SSSR count). The van der Waals surface area contributed by atoms with E-state index >= 15 is 0 Å². The van der Waals surface area contributed by atoms with Crippen molar-refractivity contribution in [3.63, 3.8) is 0 Å². The van der Waals surface area contributed by atoms with Crippen LogP contribution >= 0.6 is 0 Å². The predicted molar refractivity (Wildman–Crippen MR) is 140 cm³/mol. The number of carbonyl (C=O) groups is 2. The van der Waals surface area contributed by atoms with Crippen molar-refractivity contribution in [1.82, 2.24) is 15.6 Å². The minimum absolute atomic E-state index is 0. The molecular weight excluding hydrogens is 454 g/mol. The molecule has 0 radical (unpaired) electrons. The number of carbonyl (C=O) groups excluding carboxylic acids is 2.